The van der Waals surface area contributed by atoms with E-state index in [1.807, 2.05) is 24.3 Å². The maximum absolute atomic E-state index is 12.0. The topological polar surface area (TPSA) is 76.4 Å². The number of rotatable bonds is 2. The van der Waals surface area contributed by atoms with Gasteiger partial charge in [-0.2, -0.15) is 0 Å². The smallest absolute Gasteiger partial charge is 0.336 e. The Kier molecular flexibility index (Phi) is 3.47. The molecule has 0 spiro atoms. The van der Waals surface area contributed by atoms with Gasteiger partial charge in [-0.3, -0.25) is 14.9 Å². The van der Waals surface area contributed by atoms with Crippen LogP contribution in [0, 0.1) is 0 Å². The molecule has 0 saturated heterocycles. The van der Waals surface area contributed by atoms with Gasteiger partial charge in [-0.05, 0) is 29.7 Å². The summed E-state index contributed by atoms with van der Waals surface area (Å²) in [6.07, 6.45) is 0.317. The van der Waals surface area contributed by atoms with Crippen LogP contribution in [0.4, 0.5) is 0 Å². The lowest BCUT2D eigenvalue weighted by atomic mass is 9.96. The molecule has 3 rings (SSSR count). The van der Waals surface area contributed by atoms with Crippen LogP contribution in [0.15, 0.2) is 44.0 Å². The maximum atomic E-state index is 12.0. The summed E-state index contributed by atoms with van der Waals surface area (Å²) in [5.74, 6) is -0.841. The van der Waals surface area contributed by atoms with Crippen LogP contribution in [0.2, 0.25) is 0 Å². The number of hydrogen-bond donors (Lipinski definition) is 1. The first-order valence-corrected chi connectivity index (χ1v) is 7.07. The van der Waals surface area contributed by atoms with Gasteiger partial charge in [0.15, 0.2) is 0 Å². The van der Waals surface area contributed by atoms with Crippen LogP contribution in [-0.2, 0) is 17.6 Å². The van der Waals surface area contributed by atoms with E-state index in [1.165, 1.54) is 6.07 Å². The van der Waals surface area contributed by atoms with Crippen LogP contribution < -0.4 is 10.9 Å². The monoisotopic (exact) mass is 347 g/mol. The molecule has 1 aliphatic heterocycles. The van der Waals surface area contributed by atoms with Gasteiger partial charge in [-0.1, -0.05) is 28.1 Å². The highest BCUT2D eigenvalue weighted by Gasteiger charge is 2.28. The number of amides is 2. The quantitative estimate of drug-likeness (QED) is 0.840. The molecule has 1 aliphatic rings. The fourth-order valence-electron chi connectivity index (χ4n) is 2.38. The van der Waals surface area contributed by atoms with Crippen molar-refractivity contribution in [1.82, 2.24) is 5.32 Å². The van der Waals surface area contributed by atoms with Crippen molar-refractivity contribution in [2.45, 2.75) is 12.8 Å². The second-order valence-electron chi connectivity index (χ2n) is 4.75. The summed E-state index contributed by atoms with van der Waals surface area (Å²) in [5.41, 5.74) is 1.24. The van der Waals surface area contributed by atoms with Gasteiger partial charge in [0, 0.05) is 10.5 Å². The number of fused-ring (bicyclic) bond motifs is 1. The molecule has 0 bridgehead atoms. The van der Waals surface area contributed by atoms with Crippen LogP contribution in [-0.4, -0.2) is 11.8 Å². The largest absolute Gasteiger partial charge is 0.426 e. The van der Waals surface area contributed by atoms with Gasteiger partial charge < -0.3 is 4.42 Å². The lowest BCUT2D eigenvalue weighted by Gasteiger charge is -2.16. The van der Waals surface area contributed by atoms with E-state index < -0.39 is 17.4 Å². The Morgan fingerprint density at radius 2 is 2.00 bits per heavy atom. The fourth-order valence-corrected chi connectivity index (χ4v) is 2.82. The average Bonchev–Trinajstić information content (AvgIpc) is 2.36. The maximum Gasteiger partial charge on any atom is 0.336 e. The molecule has 0 atom stereocenters. The lowest BCUT2D eigenvalue weighted by Crippen LogP contribution is -2.38. The second kappa shape index (κ2) is 5.29. The molecule has 1 aromatic carbocycles. The van der Waals surface area contributed by atoms with E-state index in [2.05, 4.69) is 21.2 Å². The van der Waals surface area contributed by atoms with Crippen molar-refractivity contribution in [3.8, 4) is 0 Å². The van der Waals surface area contributed by atoms with Gasteiger partial charge in [0.1, 0.15) is 5.76 Å². The van der Waals surface area contributed by atoms with Crippen molar-refractivity contribution in [3.05, 3.63) is 67.7 Å². The molecule has 106 valence electrons. The number of benzene rings is 1. The number of nitrogens with one attached hydrogen (secondary N) is 1. The number of hydrogen-bond acceptors (Lipinski definition) is 4. The van der Waals surface area contributed by atoms with Crippen molar-refractivity contribution < 1.29 is 14.0 Å². The van der Waals surface area contributed by atoms with Crippen LogP contribution in [0.25, 0.3) is 0 Å². The van der Waals surface area contributed by atoms with Gasteiger partial charge in [0.25, 0.3) is 5.91 Å². The van der Waals surface area contributed by atoms with Crippen LogP contribution in [0.5, 0.6) is 0 Å². The van der Waals surface area contributed by atoms with E-state index in [0.29, 0.717) is 12.0 Å². The van der Waals surface area contributed by atoms with Crippen molar-refractivity contribution in [2.24, 2.45) is 0 Å². The van der Waals surface area contributed by atoms with Gasteiger partial charge in [-0.15, -0.1) is 0 Å². The number of carbonyl (C=O) groups excluding carboxylic acids is 2. The molecule has 0 fully saturated rings. The molecule has 1 N–H and O–H groups in total. The Morgan fingerprint density at radius 1 is 1.19 bits per heavy atom. The minimum absolute atomic E-state index is 0.0946. The summed E-state index contributed by atoms with van der Waals surface area (Å²) in [4.78, 5) is 35.0. The minimum Gasteiger partial charge on any atom is -0.426 e. The summed E-state index contributed by atoms with van der Waals surface area (Å²) in [6.45, 7) is 0. The van der Waals surface area contributed by atoms with Crippen LogP contribution >= 0.6 is 15.9 Å². The number of imide groups is 1. The van der Waals surface area contributed by atoms with Crippen molar-refractivity contribution in [3.63, 3.8) is 0 Å². The molecule has 2 aromatic rings. The van der Waals surface area contributed by atoms with Gasteiger partial charge in [0.05, 0.1) is 12.0 Å². The summed E-state index contributed by atoms with van der Waals surface area (Å²) in [5, 5.41) is 2.24. The highest BCUT2D eigenvalue weighted by atomic mass is 79.9. The van der Waals surface area contributed by atoms with E-state index in [0.717, 1.165) is 10.0 Å². The first kappa shape index (κ1) is 13.8. The lowest BCUT2D eigenvalue weighted by molar-refractivity contribution is -0.120. The molecular weight excluding hydrogens is 338 g/mol. The molecule has 0 aliphatic carbocycles. The first-order chi connectivity index (χ1) is 10.0. The van der Waals surface area contributed by atoms with E-state index in [-0.39, 0.29) is 17.7 Å². The number of halogens is 1. The predicted octanol–water partition coefficient (Wildman–Crippen LogP) is 1.81. The fraction of sp³-hybridized carbons (Fsp3) is 0.133. The first-order valence-electron chi connectivity index (χ1n) is 6.27. The minimum atomic E-state index is -0.554. The Balaban J connectivity index is 2.09. The van der Waals surface area contributed by atoms with Crippen molar-refractivity contribution in [1.29, 1.82) is 0 Å². The molecule has 0 radical (unpaired) electrons. The van der Waals surface area contributed by atoms with Crippen LogP contribution in [0.3, 0.4) is 0 Å². The molecule has 2 amide bonds. The summed E-state index contributed by atoms with van der Waals surface area (Å²) < 4.78 is 5.91. The molecule has 5 nitrogen and oxygen atoms in total. The second-order valence-corrected chi connectivity index (χ2v) is 5.67. The van der Waals surface area contributed by atoms with E-state index >= 15 is 0 Å². The third-order valence-corrected chi connectivity index (χ3v) is 3.69. The molecule has 1 aromatic heterocycles. The Labute approximate surface area is 128 Å². The molecule has 0 unspecified atom stereocenters. The zero-order chi connectivity index (χ0) is 15.0. The predicted molar refractivity (Wildman–Crippen MR) is 78.1 cm³/mol. The van der Waals surface area contributed by atoms with Crippen molar-refractivity contribution >= 4 is 27.7 Å². The number of carbonyl (C=O) groups is 2. The molecular formula is C15H10BrNO4. The van der Waals surface area contributed by atoms with E-state index in [4.69, 9.17) is 4.42 Å². The molecule has 6 heteroatoms. The zero-order valence-electron chi connectivity index (χ0n) is 10.8. The zero-order valence-corrected chi connectivity index (χ0v) is 12.4. The van der Waals surface area contributed by atoms with Crippen LogP contribution in [0.1, 0.15) is 27.2 Å². The molecule has 2 heterocycles. The molecule has 21 heavy (non-hydrogen) atoms. The van der Waals surface area contributed by atoms with Gasteiger partial charge in [0.2, 0.25) is 5.91 Å². The van der Waals surface area contributed by atoms with Gasteiger partial charge >= 0.3 is 5.63 Å². The Bertz CT molecular complexity index is 810. The highest BCUT2D eigenvalue weighted by molar-refractivity contribution is 9.10. The molecule has 0 saturated carbocycles. The summed E-state index contributed by atoms with van der Waals surface area (Å²) >= 11 is 3.38. The highest BCUT2D eigenvalue weighted by Crippen LogP contribution is 2.21. The normalized spacial score (nSPS) is 13.8. The summed E-state index contributed by atoms with van der Waals surface area (Å²) in [6, 6.07) is 8.88. The SMILES string of the molecule is O=C1Cc2oc(=O)cc(Cc3cccc(Br)c3)c2C(=O)N1. The summed E-state index contributed by atoms with van der Waals surface area (Å²) in [7, 11) is 0. The van der Waals surface area contributed by atoms with Gasteiger partial charge in [-0.25, -0.2) is 4.79 Å². The van der Waals surface area contributed by atoms with E-state index in [9.17, 15) is 14.4 Å². The third-order valence-electron chi connectivity index (χ3n) is 3.20. The van der Waals surface area contributed by atoms with E-state index in [1.54, 1.807) is 0 Å². The standard InChI is InChI=1S/C15H10BrNO4/c16-10-3-1-2-8(5-10)4-9-6-13(19)21-11-7-12(18)17-15(20)14(9)11/h1-3,5-6H,4,7H2,(H,17,18,20). The average molecular weight is 348 g/mol. The Hall–Kier alpha value is -2.21. The Morgan fingerprint density at radius 3 is 2.76 bits per heavy atom. The van der Waals surface area contributed by atoms with Crippen molar-refractivity contribution in [2.75, 3.05) is 0 Å². The third kappa shape index (κ3) is 2.80.